The van der Waals surface area contributed by atoms with E-state index in [4.69, 9.17) is 4.74 Å². The predicted molar refractivity (Wildman–Crippen MR) is 119 cm³/mol. The summed E-state index contributed by atoms with van der Waals surface area (Å²) in [6.07, 6.45) is 5.45. The van der Waals surface area contributed by atoms with Crippen LogP contribution in [0.15, 0.2) is 30.3 Å². The van der Waals surface area contributed by atoms with Gasteiger partial charge in [0, 0.05) is 19.1 Å². The highest BCUT2D eigenvalue weighted by molar-refractivity contribution is 5.70. The van der Waals surface area contributed by atoms with Crippen molar-refractivity contribution in [1.82, 2.24) is 10.2 Å². The van der Waals surface area contributed by atoms with Gasteiger partial charge in [-0.2, -0.15) is 0 Å². The SMILES string of the molecule is CCCCCCN(CC1(C)CC(NC(=O)O)CC(C)(C)C1)C(=O)Oc1ccccc1. The van der Waals surface area contributed by atoms with Gasteiger partial charge in [-0.3, -0.25) is 0 Å². The molecule has 2 atom stereocenters. The lowest BCUT2D eigenvalue weighted by Gasteiger charge is -2.48. The third kappa shape index (κ3) is 7.88. The fraction of sp³-hybridized carbons (Fsp3) is 0.667. The lowest BCUT2D eigenvalue weighted by atomic mass is 9.62. The number of para-hydroxylation sites is 1. The summed E-state index contributed by atoms with van der Waals surface area (Å²) >= 11 is 0. The molecule has 0 bridgehead atoms. The number of carbonyl (C=O) groups is 2. The zero-order chi connectivity index (χ0) is 22.2. The first kappa shape index (κ1) is 24.0. The van der Waals surface area contributed by atoms with Gasteiger partial charge in [-0.1, -0.05) is 65.2 Å². The van der Waals surface area contributed by atoms with Crippen LogP contribution in [0, 0.1) is 10.8 Å². The van der Waals surface area contributed by atoms with E-state index in [2.05, 4.69) is 33.0 Å². The number of carboxylic acid groups (broad SMARTS) is 1. The number of ether oxygens (including phenoxy) is 1. The fourth-order valence-corrected chi connectivity index (χ4v) is 5.11. The molecule has 0 heterocycles. The molecule has 0 aromatic heterocycles. The van der Waals surface area contributed by atoms with Crippen molar-refractivity contribution in [2.45, 2.75) is 78.7 Å². The van der Waals surface area contributed by atoms with Crippen molar-refractivity contribution in [2.24, 2.45) is 10.8 Å². The van der Waals surface area contributed by atoms with Gasteiger partial charge in [0.1, 0.15) is 5.75 Å². The summed E-state index contributed by atoms with van der Waals surface area (Å²) in [5, 5.41) is 11.9. The fourth-order valence-electron chi connectivity index (χ4n) is 5.11. The molecule has 6 nitrogen and oxygen atoms in total. The summed E-state index contributed by atoms with van der Waals surface area (Å²) < 4.78 is 5.64. The van der Waals surface area contributed by atoms with E-state index in [9.17, 15) is 14.7 Å². The van der Waals surface area contributed by atoms with E-state index >= 15 is 0 Å². The van der Waals surface area contributed by atoms with Crippen LogP contribution >= 0.6 is 0 Å². The van der Waals surface area contributed by atoms with Crippen molar-refractivity contribution in [1.29, 1.82) is 0 Å². The molecule has 1 aliphatic carbocycles. The minimum atomic E-state index is -0.986. The largest absolute Gasteiger partial charge is 0.465 e. The number of amides is 2. The summed E-state index contributed by atoms with van der Waals surface area (Å²) in [4.78, 5) is 26.1. The standard InChI is InChI=1S/C24H38N2O4/c1-5-6-7-11-14-26(22(29)30-20-12-9-8-10-13-20)18-24(4)16-19(25-21(27)28)15-23(2,3)17-24/h8-10,12-13,19,25H,5-7,11,14-18H2,1-4H3,(H,27,28). The summed E-state index contributed by atoms with van der Waals surface area (Å²) in [6.45, 7) is 9.90. The van der Waals surface area contributed by atoms with Crippen LogP contribution in [0.2, 0.25) is 0 Å². The van der Waals surface area contributed by atoms with Gasteiger partial charge in [0.25, 0.3) is 0 Å². The smallest absolute Gasteiger partial charge is 0.415 e. The second-order valence-corrected chi connectivity index (χ2v) is 9.87. The topological polar surface area (TPSA) is 78.9 Å². The Labute approximate surface area is 181 Å². The number of hydrogen-bond donors (Lipinski definition) is 2. The van der Waals surface area contributed by atoms with E-state index in [1.807, 2.05) is 23.1 Å². The Morgan fingerprint density at radius 2 is 1.83 bits per heavy atom. The molecule has 1 fully saturated rings. The predicted octanol–water partition coefficient (Wildman–Crippen LogP) is 5.92. The molecule has 1 aliphatic rings. The zero-order valence-electron chi connectivity index (χ0n) is 18.9. The van der Waals surface area contributed by atoms with Gasteiger partial charge < -0.3 is 20.1 Å². The molecule has 2 amide bonds. The maximum atomic E-state index is 13.0. The molecule has 0 spiro atoms. The van der Waals surface area contributed by atoms with E-state index in [0.29, 0.717) is 25.3 Å². The highest BCUT2D eigenvalue weighted by atomic mass is 16.6. The van der Waals surface area contributed by atoms with Crippen molar-refractivity contribution in [3.63, 3.8) is 0 Å². The van der Waals surface area contributed by atoms with E-state index in [1.165, 1.54) is 0 Å². The Morgan fingerprint density at radius 3 is 2.47 bits per heavy atom. The van der Waals surface area contributed by atoms with E-state index in [-0.39, 0.29) is 23.0 Å². The van der Waals surface area contributed by atoms with Gasteiger partial charge in [-0.15, -0.1) is 0 Å². The zero-order valence-corrected chi connectivity index (χ0v) is 18.9. The van der Waals surface area contributed by atoms with Crippen molar-refractivity contribution >= 4 is 12.2 Å². The number of unbranched alkanes of at least 4 members (excludes halogenated alkanes) is 3. The van der Waals surface area contributed by atoms with Gasteiger partial charge in [0.15, 0.2) is 0 Å². The molecule has 2 rings (SSSR count). The lowest BCUT2D eigenvalue weighted by Crippen LogP contribution is -2.51. The molecule has 168 valence electrons. The van der Waals surface area contributed by atoms with Crippen LogP contribution in [0.1, 0.15) is 72.6 Å². The average molecular weight is 419 g/mol. The van der Waals surface area contributed by atoms with Crippen LogP contribution in [-0.4, -0.2) is 41.3 Å². The van der Waals surface area contributed by atoms with Crippen molar-refractivity contribution in [2.75, 3.05) is 13.1 Å². The Bertz CT molecular complexity index is 692. The molecule has 1 aromatic rings. The number of carbonyl (C=O) groups excluding carboxylic acids is 1. The molecule has 0 radical (unpaired) electrons. The normalized spacial score (nSPS) is 22.9. The molecule has 0 saturated heterocycles. The Morgan fingerprint density at radius 1 is 1.13 bits per heavy atom. The molecule has 2 unspecified atom stereocenters. The second-order valence-electron chi connectivity index (χ2n) is 9.87. The summed E-state index contributed by atoms with van der Waals surface area (Å²) in [7, 11) is 0. The van der Waals surface area contributed by atoms with Gasteiger partial charge in [0.2, 0.25) is 0 Å². The molecule has 1 saturated carbocycles. The van der Waals surface area contributed by atoms with Crippen LogP contribution in [0.5, 0.6) is 5.75 Å². The maximum Gasteiger partial charge on any atom is 0.415 e. The summed E-state index contributed by atoms with van der Waals surface area (Å²) in [5.74, 6) is 0.542. The molecule has 1 aromatic carbocycles. The number of benzene rings is 1. The van der Waals surface area contributed by atoms with Crippen LogP contribution in [0.25, 0.3) is 0 Å². The van der Waals surface area contributed by atoms with Crippen LogP contribution in [0.3, 0.4) is 0 Å². The van der Waals surface area contributed by atoms with Crippen LogP contribution < -0.4 is 10.1 Å². The number of rotatable bonds is 9. The minimum Gasteiger partial charge on any atom is -0.465 e. The lowest BCUT2D eigenvalue weighted by molar-refractivity contribution is 0.0390. The summed E-state index contributed by atoms with van der Waals surface area (Å²) in [5.41, 5.74) is -0.188. The maximum absolute atomic E-state index is 13.0. The first-order chi connectivity index (χ1) is 14.1. The number of nitrogens with one attached hydrogen (secondary N) is 1. The summed E-state index contributed by atoms with van der Waals surface area (Å²) in [6, 6.07) is 9.04. The highest BCUT2D eigenvalue weighted by Crippen LogP contribution is 2.46. The van der Waals surface area contributed by atoms with Crippen LogP contribution in [0.4, 0.5) is 9.59 Å². The van der Waals surface area contributed by atoms with E-state index in [0.717, 1.165) is 38.5 Å². The third-order valence-electron chi connectivity index (χ3n) is 5.83. The van der Waals surface area contributed by atoms with Crippen molar-refractivity contribution in [3.8, 4) is 5.75 Å². The van der Waals surface area contributed by atoms with Gasteiger partial charge in [-0.05, 0) is 48.6 Å². The Hall–Kier alpha value is -2.24. The Kier molecular flexibility index (Phi) is 8.56. The molecular formula is C24H38N2O4. The molecule has 30 heavy (non-hydrogen) atoms. The molecular weight excluding hydrogens is 380 g/mol. The quantitative estimate of drug-likeness (QED) is 0.488. The third-order valence-corrected chi connectivity index (χ3v) is 5.83. The van der Waals surface area contributed by atoms with Gasteiger partial charge >= 0.3 is 12.2 Å². The molecule has 0 aliphatic heterocycles. The van der Waals surface area contributed by atoms with E-state index < -0.39 is 6.09 Å². The van der Waals surface area contributed by atoms with Gasteiger partial charge in [0.05, 0.1) is 0 Å². The van der Waals surface area contributed by atoms with Crippen molar-refractivity contribution < 1.29 is 19.4 Å². The molecule has 2 N–H and O–H groups in total. The number of nitrogens with zero attached hydrogens (tertiary/aromatic N) is 1. The first-order valence-electron chi connectivity index (χ1n) is 11.1. The van der Waals surface area contributed by atoms with Crippen molar-refractivity contribution in [3.05, 3.63) is 30.3 Å². The van der Waals surface area contributed by atoms with E-state index in [1.54, 1.807) is 12.1 Å². The molecule has 6 heteroatoms. The second kappa shape index (κ2) is 10.7. The van der Waals surface area contributed by atoms with Gasteiger partial charge in [-0.25, -0.2) is 9.59 Å². The Balaban J connectivity index is 2.13. The first-order valence-corrected chi connectivity index (χ1v) is 11.1. The monoisotopic (exact) mass is 418 g/mol. The van der Waals surface area contributed by atoms with Crippen LogP contribution in [-0.2, 0) is 0 Å². The highest BCUT2D eigenvalue weighted by Gasteiger charge is 2.43. The minimum absolute atomic E-state index is 0.00265. The number of hydrogen-bond acceptors (Lipinski definition) is 3. The average Bonchev–Trinajstić information content (AvgIpc) is 2.62.